The summed E-state index contributed by atoms with van der Waals surface area (Å²) in [7, 11) is 0. The van der Waals surface area contributed by atoms with Crippen LogP contribution in [0.1, 0.15) is 33.1 Å². The van der Waals surface area contributed by atoms with Crippen molar-refractivity contribution >= 4 is 11.8 Å². The number of carbonyl (C=O) groups excluding carboxylic acids is 2. The lowest BCUT2D eigenvalue weighted by Gasteiger charge is -2.31. The minimum absolute atomic E-state index is 0.0317. The van der Waals surface area contributed by atoms with Crippen molar-refractivity contribution < 1.29 is 14.3 Å². The highest BCUT2D eigenvalue weighted by atomic mass is 16.5. The molecule has 0 bridgehead atoms. The van der Waals surface area contributed by atoms with Gasteiger partial charge in [0.25, 0.3) is 0 Å². The van der Waals surface area contributed by atoms with E-state index in [1.54, 1.807) is 4.90 Å². The summed E-state index contributed by atoms with van der Waals surface area (Å²) >= 11 is 0. The molecular weight excluding hydrogens is 232 g/mol. The molecule has 1 N–H and O–H groups in total. The molecule has 0 spiro atoms. The molecule has 5 nitrogen and oxygen atoms in total. The number of rotatable bonds is 6. The molecule has 5 heteroatoms. The normalized spacial score (nSPS) is 16.7. The van der Waals surface area contributed by atoms with Crippen molar-refractivity contribution in [2.75, 3.05) is 32.8 Å². The molecule has 0 atom stereocenters. The molecule has 1 rings (SSSR count). The van der Waals surface area contributed by atoms with E-state index in [-0.39, 0.29) is 24.3 Å². The lowest BCUT2D eigenvalue weighted by atomic mass is 9.96. The van der Waals surface area contributed by atoms with E-state index in [1.807, 2.05) is 13.8 Å². The second-order valence-corrected chi connectivity index (χ2v) is 4.58. The van der Waals surface area contributed by atoms with Gasteiger partial charge in [0, 0.05) is 32.2 Å². The van der Waals surface area contributed by atoms with E-state index in [1.165, 1.54) is 0 Å². The van der Waals surface area contributed by atoms with Gasteiger partial charge in [-0.25, -0.2) is 0 Å². The van der Waals surface area contributed by atoms with Gasteiger partial charge in [0.1, 0.15) is 6.61 Å². The Labute approximate surface area is 109 Å². The second-order valence-electron chi connectivity index (χ2n) is 4.58. The lowest BCUT2D eigenvalue weighted by Crippen LogP contribution is -2.44. The number of piperidine rings is 1. The Hall–Kier alpha value is -1.10. The van der Waals surface area contributed by atoms with E-state index in [0.29, 0.717) is 19.7 Å². The quantitative estimate of drug-likeness (QED) is 0.764. The van der Waals surface area contributed by atoms with Crippen LogP contribution in [-0.4, -0.2) is 49.6 Å². The summed E-state index contributed by atoms with van der Waals surface area (Å²) in [6, 6.07) is 0. The van der Waals surface area contributed by atoms with Crippen LogP contribution in [0.25, 0.3) is 0 Å². The Bertz CT molecular complexity index is 245. The van der Waals surface area contributed by atoms with Crippen LogP contribution >= 0.6 is 0 Å². The minimum Gasteiger partial charge on any atom is -0.372 e. The molecule has 1 aliphatic heterocycles. The fraction of sp³-hybridized carbons (Fsp3) is 0.846. The number of amides is 2. The monoisotopic (exact) mass is 256 g/mol. The van der Waals surface area contributed by atoms with Crippen LogP contribution in [0.2, 0.25) is 0 Å². The molecule has 0 aromatic rings. The average molecular weight is 256 g/mol. The van der Waals surface area contributed by atoms with Gasteiger partial charge in [0.05, 0.1) is 0 Å². The van der Waals surface area contributed by atoms with Gasteiger partial charge in [-0.15, -0.1) is 0 Å². The number of nitrogens with zero attached hydrogens (tertiary/aromatic N) is 1. The highest BCUT2D eigenvalue weighted by Gasteiger charge is 2.26. The fourth-order valence-corrected chi connectivity index (χ4v) is 2.06. The van der Waals surface area contributed by atoms with Gasteiger partial charge >= 0.3 is 0 Å². The Kier molecular flexibility index (Phi) is 6.72. The van der Waals surface area contributed by atoms with Gasteiger partial charge in [-0.05, 0) is 26.2 Å². The van der Waals surface area contributed by atoms with Gasteiger partial charge in [-0.3, -0.25) is 9.59 Å². The van der Waals surface area contributed by atoms with Gasteiger partial charge in [0.15, 0.2) is 0 Å². The molecule has 0 radical (unpaired) electrons. The minimum atomic E-state index is 0.0317. The molecule has 2 amide bonds. The predicted molar refractivity (Wildman–Crippen MR) is 69.1 cm³/mol. The average Bonchev–Trinajstić information content (AvgIpc) is 2.42. The summed E-state index contributed by atoms with van der Waals surface area (Å²) in [5.74, 6) is 0.228. The second kappa shape index (κ2) is 8.08. The van der Waals surface area contributed by atoms with Crippen LogP contribution < -0.4 is 5.32 Å². The molecule has 0 aromatic carbocycles. The van der Waals surface area contributed by atoms with Crippen molar-refractivity contribution in [3.63, 3.8) is 0 Å². The van der Waals surface area contributed by atoms with Crippen molar-refractivity contribution in [1.29, 1.82) is 0 Å². The van der Waals surface area contributed by atoms with Crippen molar-refractivity contribution in [2.24, 2.45) is 5.92 Å². The highest BCUT2D eigenvalue weighted by Crippen LogP contribution is 2.17. The van der Waals surface area contributed by atoms with Gasteiger partial charge < -0.3 is 15.0 Å². The molecule has 0 aliphatic carbocycles. The summed E-state index contributed by atoms with van der Waals surface area (Å²) in [4.78, 5) is 25.3. The summed E-state index contributed by atoms with van der Waals surface area (Å²) < 4.78 is 5.11. The van der Waals surface area contributed by atoms with Crippen LogP contribution in [0.15, 0.2) is 0 Å². The first kappa shape index (κ1) is 15.0. The van der Waals surface area contributed by atoms with Crippen molar-refractivity contribution in [3.8, 4) is 0 Å². The Morgan fingerprint density at radius 2 is 1.94 bits per heavy atom. The van der Waals surface area contributed by atoms with E-state index in [4.69, 9.17) is 4.74 Å². The molecule has 1 fully saturated rings. The van der Waals surface area contributed by atoms with E-state index in [2.05, 4.69) is 5.32 Å². The third-order valence-corrected chi connectivity index (χ3v) is 3.20. The number of nitrogens with one attached hydrogen (secondary N) is 1. The van der Waals surface area contributed by atoms with Crippen LogP contribution in [-0.2, 0) is 14.3 Å². The standard InChI is InChI=1S/C13H24N2O3/c1-3-7-14-13(17)11-5-8-15(9-6-11)12(16)10-18-4-2/h11H,3-10H2,1-2H3,(H,14,17). The number of likely N-dealkylation sites (tertiary alicyclic amines) is 1. The molecule has 1 saturated heterocycles. The van der Waals surface area contributed by atoms with Crippen molar-refractivity contribution in [1.82, 2.24) is 10.2 Å². The topological polar surface area (TPSA) is 58.6 Å². The molecule has 0 aromatic heterocycles. The summed E-state index contributed by atoms with van der Waals surface area (Å²) in [6.45, 7) is 6.69. The molecule has 104 valence electrons. The largest absolute Gasteiger partial charge is 0.372 e. The number of carbonyl (C=O) groups is 2. The van der Waals surface area contributed by atoms with E-state index < -0.39 is 0 Å². The molecule has 0 saturated carbocycles. The van der Waals surface area contributed by atoms with E-state index in [0.717, 1.165) is 25.8 Å². The Morgan fingerprint density at radius 1 is 1.28 bits per heavy atom. The molecule has 18 heavy (non-hydrogen) atoms. The maximum Gasteiger partial charge on any atom is 0.248 e. The van der Waals surface area contributed by atoms with Gasteiger partial charge in [-0.1, -0.05) is 6.92 Å². The Morgan fingerprint density at radius 3 is 2.50 bits per heavy atom. The zero-order chi connectivity index (χ0) is 13.4. The van der Waals surface area contributed by atoms with Crippen LogP contribution in [0, 0.1) is 5.92 Å². The smallest absolute Gasteiger partial charge is 0.248 e. The first-order chi connectivity index (χ1) is 8.69. The SMILES string of the molecule is CCCNC(=O)C1CCN(C(=O)COCC)CC1. The van der Waals surface area contributed by atoms with Crippen molar-refractivity contribution in [2.45, 2.75) is 33.1 Å². The van der Waals surface area contributed by atoms with Crippen molar-refractivity contribution in [3.05, 3.63) is 0 Å². The van der Waals surface area contributed by atoms with Gasteiger partial charge in [-0.2, -0.15) is 0 Å². The first-order valence-corrected chi connectivity index (χ1v) is 6.82. The Balaban J connectivity index is 2.27. The van der Waals surface area contributed by atoms with Crippen LogP contribution in [0.5, 0.6) is 0 Å². The summed E-state index contributed by atoms with van der Waals surface area (Å²) in [6.07, 6.45) is 2.47. The third-order valence-electron chi connectivity index (χ3n) is 3.20. The molecular formula is C13H24N2O3. The lowest BCUT2D eigenvalue weighted by molar-refractivity contribution is -0.139. The van der Waals surface area contributed by atoms with Crippen LogP contribution in [0.4, 0.5) is 0 Å². The van der Waals surface area contributed by atoms with E-state index >= 15 is 0 Å². The zero-order valence-electron chi connectivity index (χ0n) is 11.4. The maximum atomic E-state index is 11.8. The first-order valence-electron chi connectivity index (χ1n) is 6.82. The van der Waals surface area contributed by atoms with Crippen LogP contribution in [0.3, 0.4) is 0 Å². The molecule has 1 aliphatic rings. The highest BCUT2D eigenvalue weighted by molar-refractivity contribution is 5.80. The number of ether oxygens (including phenoxy) is 1. The molecule has 0 unspecified atom stereocenters. The third kappa shape index (κ3) is 4.64. The van der Waals surface area contributed by atoms with E-state index in [9.17, 15) is 9.59 Å². The maximum absolute atomic E-state index is 11.8. The summed E-state index contributed by atoms with van der Waals surface area (Å²) in [5, 5.41) is 2.91. The zero-order valence-corrected chi connectivity index (χ0v) is 11.4. The number of hydrogen-bond acceptors (Lipinski definition) is 3. The fourth-order valence-electron chi connectivity index (χ4n) is 2.06. The van der Waals surface area contributed by atoms with Gasteiger partial charge in [0.2, 0.25) is 11.8 Å². The predicted octanol–water partition coefficient (Wildman–Crippen LogP) is 0.788. The molecule has 1 heterocycles. The summed E-state index contributed by atoms with van der Waals surface area (Å²) in [5.41, 5.74) is 0. The number of hydrogen-bond donors (Lipinski definition) is 1.